The molecule has 122 valence electrons. The number of nitrogens with two attached hydrogens (primary N) is 1. The Hall–Kier alpha value is -1.59. The third kappa shape index (κ3) is 4.71. The van der Waals surface area contributed by atoms with E-state index in [1.54, 1.807) is 0 Å². The lowest BCUT2D eigenvalue weighted by Crippen LogP contribution is -2.35. The van der Waals surface area contributed by atoms with Gasteiger partial charge in [-0.05, 0) is 30.4 Å². The van der Waals surface area contributed by atoms with E-state index in [-0.39, 0.29) is 24.7 Å². The van der Waals surface area contributed by atoms with Crippen LogP contribution in [0.2, 0.25) is 0 Å². The smallest absolute Gasteiger partial charge is 0.322 e. The second-order valence-corrected chi connectivity index (χ2v) is 5.36. The molecule has 1 aliphatic heterocycles. The van der Waals surface area contributed by atoms with Crippen molar-refractivity contribution >= 4 is 24.3 Å². The Morgan fingerprint density at radius 2 is 2.00 bits per heavy atom. The van der Waals surface area contributed by atoms with Crippen LogP contribution in [0.25, 0.3) is 0 Å². The van der Waals surface area contributed by atoms with Gasteiger partial charge in [-0.1, -0.05) is 24.3 Å². The van der Waals surface area contributed by atoms with Crippen molar-refractivity contribution in [1.29, 1.82) is 0 Å². The number of methoxy groups -OCH3 is 1. The second kappa shape index (κ2) is 8.76. The average molecular weight is 327 g/mol. The lowest BCUT2D eigenvalue weighted by Gasteiger charge is -2.21. The molecule has 5 nitrogen and oxygen atoms in total. The molecule has 0 saturated heterocycles. The molecule has 0 radical (unpaired) electrons. The van der Waals surface area contributed by atoms with Gasteiger partial charge in [-0.15, -0.1) is 12.4 Å². The molecule has 1 heterocycles. The summed E-state index contributed by atoms with van der Waals surface area (Å²) in [4.78, 5) is 25.4. The molecule has 1 aromatic carbocycles. The topological polar surface area (TPSA) is 72.6 Å². The number of amides is 1. The first-order valence-electron chi connectivity index (χ1n) is 7.29. The summed E-state index contributed by atoms with van der Waals surface area (Å²) in [6, 6.07) is 7.50. The standard InChI is InChI=1S/C16H22N2O3.ClH/c1-21-16(20)14(17)8-9-15(19)18-10-4-7-12-5-2-3-6-13(12)11-18;/h2-3,5-6,14H,4,7-11,17H2,1H3;1H/t14-;/m0./s1. The first-order chi connectivity index (χ1) is 10.1. The second-order valence-electron chi connectivity index (χ2n) is 5.36. The van der Waals surface area contributed by atoms with E-state index in [1.807, 2.05) is 17.0 Å². The summed E-state index contributed by atoms with van der Waals surface area (Å²) in [6.45, 7) is 1.39. The van der Waals surface area contributed by atoms with Crippen LogP contribution in [0.15, 0.2) is 24.3 Å². The van der Waals surface area contributed by atoms with Gasteiger partial charge >= 0.3 is 5.97 Å². The van der Waals surface area contributed by atoms with Crippen LogP contribution in [0.4, 0.5) is 0 Å². The van der Waals surface area contributed by atoms with Gasteiger partial charge in [0.2, 0.25) is 5.91 Å². The fourth-order valence-electron chi connectivity index (χ4n) is 2.62. The Morgan fingerprint density at radius 1 is 1.32 bits per heavy atom. The van der Waals surface area contributed by atoms with Crippen molar-refractivity contribution < 1.29 is 14.3 Å². The quantitative estimate of drug-likeness (QED) is 0.854. The molecule has 2 N–H and O–H groups in total. The first kappa shape index (κ1) is 18.5. The van der Waals surface area contributed by atoms with Gasteiger partial charge in [0.15, 0.2) is 0 Å². The van der Waals surface area contributed by atoms with Crippen LogP contribution in [0.5, 0.6) is 0 Å². The van der Waals surface area contributed by atoms with Crippen LogP contribution in [0, 0.1) is 0 Å². The number of ether oxygens (including phenoxy) is 1. The number of halogens is 1. The number of hydrogen-bond acceptors (Lipinski definition) is 4. The van der Waals surface area contributed by atoms with Gasteiger partial charge in [0, 0.05) is 19.5 Å². The van der Waals surface area contributed by atoms with Gasteiger partial charge in [-0.3, -0.25) is 9.59 Å². The van der Waals surface area contributed by atoms with Crippen LogP contribution in [-0.4, -0.2) is 36.5 Å². The molecule has 0 aliphatic carbocycles. The number of esters is 1. The highest BCUT2D eigenvalue weighted by atomic mass is 35.5. The van der Waals surface area contributed by atoms with Crippen molar-refractivity contribution in [2.24, 2.45) is 5.73 Å². The normalized spacial score (nSPS) is 15.1. The SMILES string of the molecule is COC(=O)[C@@H](N)CCC(=O)N1CCCc2ccccc2C1.Cl. The van der Waals surface area contributed by atoms with Crippen LogP contribution >= 0.6 is 12.4 Å². The third-order valence-corrected chi connectivity index (χ3v) is 3.88. The molecular weight excluding hydrogens is 304 g/mol. The van der Waals surface area contributed by atoms with E-state index < -0.39 is 12.0 Å². The van der Waals surface area contributed by atoms with Crippen LogP contribution in [0.1, 0.15) is 30.4 Å². The zero-order chi connectivity index (χ0) is 15.2. The largest absolute Gasteiger partial charge is 0.468 e. The monoisotopic (exact) mass is 326 g/mol. The third-order valence-electron chi connectivity index (χ3n) is 3.88. The van der Waals surface area contributed by atoms with Crippen molar-refractivity contribution in [3.8, 4) is 0 Å². The summed E-state index contributed by atoms with van der Waals surface area (Å²) in [5.74, 6) is -0.421. The van der Waals surface area contributed by atoms with E-state index in [4.69, 9.17) is 5.73 Å². The van der Waals surface area contributed by atoms with E-state index in [1.165, 1.54) is 18.2 Å². The van der Waals surface area contributed by atoms with Gasteiger partial charge in [-0.25, -0.2) is 0 Å². The molecule has 0 spiro atoms. The molecule has 22 heavy (non-hydrogen) atoms. The summed E-state index contributed by atoms with van der Waals surface area (Å²) in [5.41, 5.74) is 8.20. The van der Waals surface area contributed by atoms with Crippen molar-refractivity contribution in [2.45, 2.75) is 38.3 Å². The minimum atomic E-state index is -0.724. The molecule has 0 aromatic heterocycles. The summed E-state index contributed by atoms with van der Waals surface area (Å²) >= 11 is 0. The predicted molar refractivity (Wildman–Crippen MR) is 86.7 cm³/mol. The highest BCUT2D eigenvalue weighted by molar-refractivity contribution is 5.85. The number of aryl methyl sites for hydroxylation is 1. The molecule has 0 bridgehead atoms. The zero-order valence-corrected chi connectivity index (χ0v) is 13.6. The maximum atomic E-state index is 12.3. The van der Waals surface area contributed by atoms with Crippen LogP contribution < -0.4 is 5.73 Å². The molecule has 0 saturated carbocycles. The van der Waals surface area contributed by atoms with E-state index >= 15 is 0 Å². The van der Waals surface area contributed by atoms with Gasteiger partial charge in [0.05, 0.1) is 7.11 Å². The van der Waals surface area contributed by atoms with Crippen molar-refractivity contribution in [2.75, 3.05) is 13.7 Å². The van der Waals surface area contributed by atoms with Gasteiger partial charge in [0.25, 0.3) is 0 Å². The Morgan fingerprint density at radius 3 is 2.68 bits per heavy atom. The highest BCUT2D eigenvalue weighted by Gasteiger charge is 2.21. The Labute approximate surface area is 137 Å². The number of rotatable bonds is 4. The predicted octanol–water partition coefficient (Wildman–Crippen LogP) is 1.66. The Kier molecular flexibility index (Phi) is 7.35. The fraction of sp³-hybridized carbons (Fsp3) is 0.500. The van der Waals surface area contributed by atoms with E-state index in [0.29, 0.717) is 13.0 Å². The van der Waals surface area contributed by atoms with Crippen LogP contribution in [0.3, 0.4) is 0 Å². The Balaban J connectivity index is 0.00000242. The number of carbonyl (C=O) groups is 2. The highest BCUT2D eigenvalue weighted by Crippen LogP contribution is 2.19. The fourth-order valence-corrected chi connectivity index (χ4v) is 2.62. The molecule has 1 aliphatic rings. The lowest BCUT2D eigenvalue weighted by atomic mass is 10.0. The number of benzene rings is 1. The van der Waals surface area contributed by atoms with Crippen molar-refractivity contribution in [3.05, 3.63) is 35.4 Å². The van der Waals surface area contributed by atoms with Crippen LogP contribution in [-0.2, 0) is 27.3 Å². The van der Waals surface area contributed by atoms with E-state index in [0.717, 1.165) is 19.4 Å². The molecule has 0 unspecified atom stereocenters. The van der Waals surface area contributed by atoms with Gasteiger partial charge in [-0.2, -0.15) is 0 Å². The minimum Gasteiger partial charge on any atom is -0.468 e. The number of hydrogen-bond donors (Lipinski definition) is 1. The molecular formula is C16H23ClN2O3. The molecule has 2 rings (SSSR count). The summed E-state index contributed by atoms with van der Waals surface area (Å²) < 4.78 is 4.57. The number of carbonyl (C=O) groups excluding carboxylic acids is 2. The Bertz CT molecular complexity index is 522. The summed E-state index contributed by atoms with van der Waals surface area (Å²) in [6.07, 6.45) is 2.57. The molecule has 1 amide bonds. The van der Waals surface area contributed by atoms with Gasteiger partial charge in [0.1, 0.15) is 6.04 Å². The minimum absolute atomic E-state index is 0. The lowest BCUT2D eigenvalue weighted by molar-refractivity contribution is -0.142. The van der Waals surface area contributed by atoms with Gasteiger partial charge < -0.3 is 15.4 Å². The zero-order valence-electron chi connectivity index (χ0n) is 12.8. The van der Waals surface area contributed by atoms with Crippen molar-refractivity contribution in [3.63, 3.8) is 0 Å². The maximum absolute atomic E-state index is 12.3. The van der Waals surface area contributed by atoms with E-state index in [2.05, 4.69) is 16.9 Å². The molecule has 0 fully saturated rings. The summed E-state index contributed by atoms with van der Waals surface area (Å²) in [7, 11) is 1.30. The summed E-state index contributed by atoms with van der Waals surface area (Å²) in [5, 5.41) is 0. The average Bonchev–Trinajstić information content (AvgIpc) is 2.73. The maximum Gasteiger partial charge on any atom is 0.322 e. The number of fused-ring (bicyclic) bond motifs is 1. The molecule has 6 heteroatoms. The molecule has 1 atom stereocenters. The van der Waals surface area contributed by atoms with Crippen molar-refractivity contribution in [1.82, 2.24) is 4.90 Å². The molecule has 1 aromatic rings. The number of nitrogens with zero attached hydrogens (tertiary/aromatic N) is 1. The van der Waals surface area contributed by atoms with E-state index in [9.17, 15) is 9.59 Å². The first-order valence-corrected chi connectivity index (χ1v) is 7.29.